The van der Waals surface area contributed by atoms with Crippen molar-refractivity contribution >= 4 is 28.2 Å². The lowest BCUT2D eigenvalue weighted by Gasteiger charge is -2.22. The molecule has 0 N–H and O–H groups in total. The summed E-state index contributed by atoms with van der Waals surface area (Å²) in [5.41, 5.74) is 0. The molecule has 5 heteroatoms. The topological polar surface area (TPSA) is 43.4 Å². The van der Waals surface area contributed by atoms with Crippen molar-refractivity contribution in [3.8, 4) is 0 Å². The van der Waals surface area contributed by atoms with Crippen molar-refractivity contribution in [2.45, 2.75) is 20.3 Å². The smallest absolute Gasteiger partial charge is 0.315 e. The predicted molar refractivity (Wildman–Crippen MR) is 69.0 cm³/mol. The number of hydrogen-bond acceptors (Lipinski definition) is 4. The first kappa shape index (κ1) is 13.9. The maximum atomic E-state index is 11.5. The minimum absolute atomic E-state index is 0.0644. The van der Waals surface area contributed by atoms with Gasteiger partial charge in [0.05, 0.1) is 34.0 Å². The Bertz CT molecular complexity index is 423. The zero-order chi connectivity index (χ0) is 13.1. The van der Waals surface area contributed by atoms with Gasteiger partial charge in [0.2, 0.25) is 0 Å². The Kier molecular flexibility index (Phi) is 4.42. The molecular weight excluding hydrogens is 238 g/mol. The number of hydrogen-bond donors (Lipinski definition) is 0. The van der Waals surface area contributed by atoms with E-state index in [-0.39, 0.29) is 22.8 Å². The highest BCUT2D eigenvalue weighted by Crippen LogP contribution is 2.29. The summed E-state index contributed by atoms with van der Waals surface area (Å²) < 4.78 is 5.09. The number of thiophene rings is 1. The fourth-order valence-corrected chi connectivity index (χ4v) is 2.36. The van der Waals surface area contributed by atoms with Crippen LogP contribution in [0.15, 0.2) is 12.1 Å². The largest absolute Gasteiger partial charge is 0.466 e. The minimum Gasteiger partial charge on any atom is -0.466 e. The van der Waals surface area contributed by atoms with Crippen LogP contribution in [-0.2, 0) is 20.7 Å². The van der Waals surface area contributed by atoms with Crippen LogP contribution in [-0.4, -0.2) is 32.6 Å². The lowest BCUT2D eigenvalue weighted by Crippen LogP contribution is -2.44. The van der Waals surface area contributed by atoms with E-state index in [1.54, 1.807) is 13.8 Å². The average Bonchev–Trinajstić information content (AvgIpc) is 2.66. The van der Waals surface area contributed by atoms with Gasteiger partial charge in [-0.1, -0.05) is 11.3 Å². The normalized spacial score (nSPS) is 11.3. The lowest BCUT2D eigenvalue weighted by molar-refractivity contribution is -0.142. The van der Waals surface area contributed by atoms with Crippen molar-refractivity contribution < 1.29 is 14.3 Å². The summed E-state index contributed by atoms with van der Waals surface area (Å²) in [4.78, 5) is 23.7. The van der Waals surface area contributed by atoms with Crippen LogP contribution in [0.1, 0.15) is 18.7 Å². The summed E-state index contributed by atoms with van der Waals surface area (Å²) in [6, 6.07) is 3.76. The van der Waals surface area contributed by atoms with E-state index >= 15 is 0 Å². The van der Waals surface area contributed by atoms with E-state index in [1.165, 1.54) is 11.3 Å². The van der Waals surface area contributed by atoms with Gasteiger partial charge in [0.1, 0.15) is 0 Å². The molecule has 0 bridgehead atoms. The number of carbonyl (C=O) groups excluding carboxylic acids is 2. The summed E-state index contributed by atoms with van der Waals surface area (Å²) in [7, 11) is 3.67. The number of quaternary nitrogens is 1. The van der Waals surface area contributed by atoms with Gasteiger partial charge in [0, 0.05) is 10.9 Å². The van der Waals surface area contributed by atoms with E-state index in [0.717, 1.165) is 9.88 Å². The highest BCUT2D eigenvalue weighted by molar-refractivity contribution is 7.16. The van der Waals surface area contributed by atoms with Gasteiger partial charge < -0.3 is 4.74 Å². The predicted octanol–water partition coefficient (Wildman–Crippen LogP) is 1.97. The van der Waals surface area contributed by atoms with E-state index in [1.807, 2.05) is 26.2 Å². The van der Waals surface area contributed by atoms with Crippen LogP contribution in [0.4, 0.5) is 5.00 Å². The van der Waals surface area contributed by atoms with Gasteiger partial charge in [-0.15, -0.1) is 0 Å². The molecule has 94 valence electrons. The van der Waals surface area contributed by atoms with Gasteiger partial charge >= 0.3 is 11.9 Å². The van der Waals surface area contributed by atoms with Crippen LogP contribution >= 0.6 is 11.3 Å². The summed E-state index contributed by atoms with van der Waals surface area (Å²) in [6.07, 6.45) is 0.274. The summed E-state index contributed by atoms with van der Waals surface area (Å²) in [6.45, 7) is 3.74. The van der Waals surface area contributed by atoms with Crippen LogP contribution in [0.5, 0.6) is 0 Å². The summed E-state index contributed by atoms with van der Waals surface area (Å²) in [5, 5.41) is 0.928. The third-order valence-electron chi connectivity index (χ3n) is 2.61. The maximum Gasteiger partial charge on any atom is 0.315 e. The Morgan fingerprint density at radius 3 is 2.53 bits per heavy atom. The molecule has 0 atom stereocenters. The molecule has 4 nitrogen and oxygen atoms in total. The van der Waals surface area contributed by atoms with Crippen molar-refractivity contribution in [1.29, 1.82) is 0 Å². The first-order valence-electron chi connectivity index (χ1n) is 5.48. The second-order valence-corrected chi connectivity index (χ2v) is 5.34. The Morgan fingerprint density at radius 2 is 2.00 bits per heavy atom. The Morgan fingerprint density at radius 1 is 1.35 bits per heavy atom. The zero-order valence-electron chi connectivity index (χ0n) is 10.6. The number of amides is 1. The van der Waals surface area contributed by atoms with E-state index in [4.69, 9.17) is 4.74 Å². The first-order valence-corrected chi connectivity index (χ1v) is 6.29. The van der Waals surface area contributed by atoms with Crippen LogP contribution < -0.4 is 4.48 Å². The summed E-state index contributed by atoms with van der Waals surface area (Å²) >= 11 is 1.47. The van der Waals surface area contributed by atoms with Crippen molar-refractivity contribution in [3.63, 3.8) is 0 Å². The van der Waals surface area contributed by atoms with E-state index < -0.39 is 0 Å². The van der Waals surface area contributed by atoms with Crippen LogP contribution in [0.3, 0.4) is 0 Å². The van der Waals surface area contributed by atoms with Crippen molar-refractivity contribution in [2.24, 2.45) is 0 Å². The zero-order valence-corrected chi connectivity index (χ0v) is 11.5. The summed E-state index contributed by atoms with van der Waals surface area (Å²) in [5.74, 6) is -0.163. The molecule has 1 aromatic rings. The number of ether oxygens (including phenoxy) is 1. The molecule has 0 spiro atoms. The molecule has 0 aliphatic heterocycles. The van der Waals surface area contributed by atoms with Gasteiger partial charge in [0.15, 0.2) is 5.00 Å². The van der Waals surface area contributed by atoms with Gasteiger partial charge in [0.25, 0.3) is 0 Å². The van der Waals surface area contributed by atoms with Gasteiger partial charge in [-0.05, 0) is 13.0 Å². The molecule has 0 saturated carbocycles. The van der Waals surface area contributed by atoms with Crippen LogP contribution in [0.25, 0.3) is 0 Å². The Hall–Kier alpha value is -1.20. The SMILES string of the molecule is CCOC(=O)Cc1ccc([N+](C)(C)C(C)=O)s1. The lowest BCUT2D eigenvalue weighted by atomic mass is 10.3. The fourth-order valence-electron chi connectivity index (χ4n) is 1.27. The number of carbonyl (C=O) groups is 2. The minimum atomic E-state index is -0.228. The molecule has 0 aliphatic carbocycles. The highest BCUT2D eigenvalue weighted by Gasteiger charge is 2.27. The molecule has 0 radical (unpaired) electrons. The van der Waals surface area contributed by atoms with Crippen molar-refractivity contribution in [2.75, 3.05) is 20.7 Å². The Labute approximate surface area is 105 Å². The molecular formula is C12H18NO3S+. The highest BCUT2D eigenvalue weighted by atomic mass is 32.1. The first-order chi connectivity index (χ1) is 7.87. The number of esters is 1. The second-order valence-electron chi connectivity index (χ2n) is 4.19. The molecule has 0 unspecified atom stereocenters. The van der Waals surface area contributed by atoms with Crippen LogP contribution in [0, 0.1) is 0 Å². The fraction of sp³-hybridized carbons (Fsp3) is 0.500. The molecule has 0 saturated heterocycles. The molecule has 1 heterocycles. The molecule has 0 aromatic carbocycles. The third-order valence-corrected chi connectivity index (χ3v) is 3.95. The van der Waals surface area contributed by atoms with Gasteiger partial charge in [-0.2, -0.15) is 0 Å². The van der Waals surface area contributed by atoms with E-state index in [0.29, 0.717) is 6.61 Å². The molecule has 1 amide bonds. The third kappa shape index (κ3) is 3.38. The number of rotatable bonds is 4. The van der Waals surface area contributed by atoms with E-state index in [2.05, 4.69) is 0 Å². The van der Waals surface area contributed by atoms with Crippen molar-refractivity contribution in [3.05, 3.63) is 17.0 Å². The van der Waals surface area contributed by atoms with E-state index in [9.17, 15) is 9.59 Å². The molecule has 1 aromatic heterocycles. The van der Waals surface area contributed by atoms with Crippen LogP contribution in [0.2, 0.25) is 0 Å². The van der Waals surface area contributed by atoms with Gasteiger partial charge in [-0.25, -0.2) is 9.28 Å². The Balaban J connectivity index is 2.78. The average molecular weight is 256 g/mol. The second kappa shape index (κ2) is 5.42. The monoisotopic (exact) mass is 256 g/mol. The number of nitrogens with zero attached hydrogens (tertiary/aromatic N) is 1. The quantitative estimate of drug-likeness (QED) is 0.611. The van der Waals surface area contributed by atoms with Gasteiger partial charge in [-0.3, -0.25) is 4.79 Å². The molecule has 1 rings (SSSR count). The molecule has 0 aliphatic rings. The van der Waals surface area contributed by atoms with Crippen molar-refractivity contribution in [1.82, 2.24) is 4.48 Å². The molecule has 0 fully saturated rings. The standard InChI is InChI=1S/C12H18NO3S/c1-5-16-12(15)8-10-6-7-11(17-10)13(3,4)9(2)14/h6-7H,5,8H2,1-4H3/q+1. The maximum absolute atomic E-state index is 11.5. The molecule has 17 heavy (non-hydrogen) atoms.